The Morgan fingerprint density at radius 2 is 1.70 bits per heavy atom. The van der Waals surface area contributed by atoms with Crippen LogP contribution < -0.4 is 0 Å². The van der Waals surface area contributed by atoms with E-state index in [1.165, 1.54) is 5.56 Å². The standard InChI is InChI=1S/C16H14ClN3/c1-12-7-9-13(10-8-12)16-18-15(11-17)20(19-16)14-5-3-2-4-6-14/h2-10H,11H2,1H3. The van der Waals surface area contributed by atoms with Crippen molar-refractivity contribution in [1.29, 1.82) is 0 Å². The van der Waals surface area contributed by atoms with E-state index in [4.69, 9.17) is 11.6 Å². The van der Waals surface area contributed by atoms with Gasteiger partial charge in [0.05, 0.1) is 11.6 Å². The molecular formula is C16H14ClN3. The van der Waals surface area contributed by atoms with Crippen molar-refractivity contribution in [3.63, 3.8) is 0 Å². The van der Waals surface area contributed by atoms with Crippen LogP contribution in [0.4, 0.5) is 0 Å². The normalized spacial score (nSPS) is 10.7. The van der Waals surface area contributed by atoms with Crippen LogP contribution in [0.25, 0.3) is 17.1 Å². The summed E-state index contributed by atoms with van der Waals surface area (Å²) in [7, 11) is 0. The van der Waals surface area contributed by atoms with E-state index in [-0.39, 0.29) is 0 Å². The van der Waals surface area contributed by atoms with Crippen molar-refractivity contribution in [2.45, 2.75) is 12.8 Å². The van der Waals surface area contributed by atoms with Gasteiger partial charge < -0.3 is 0 Å². The first-order valence-corrected chi connectivity index (χ1v) is 6.96. The van der Waals surface area contributed by atoms with E-state index in [2.05, 4.69) is 29.1 Å². The topological polar surface area (TPSA) is 30.7 Å². The number of nitrogens with zero attached hydrogens (tertiary/aromatic N) is 3. The van der Waals surface area contributed by atoms with Crippen molar-refractivity contribution in [2.75, 3.05) is 0 Å². The average molecular weight is 284 g/mol. The fourth-order valence-electron chi connectivity index (χ4n) is 2.03. The van der Waals surface area contributed by atoms with Gasteiger partial charge in [0.15, 0.2) is 5.82 Å². The maximum atomic E-state index is 5.98. The number of aromatic nitrogens is 3. The van der Waals surface area contributed by atoms with E-state index in [0.29, 0.717) is 11.7 Å². The molecule has 4 heteroatoms. The minimum absolute atomic E-state index is 0.327. The van der Waals surface area contributed by atoms with E-state index >= 15 is 0 Å². The minimum Gasteiger partial charge on any atom is -0.216 e. The Labute approximate surface area is 122 Å². The first-order chi connectivity index (χ1) is 9.78. The molecule has 0 amide bonds. The zero-order valence-corrected chi connectivity index (χ0v) is 11.9. The fraction of sp³-hybridized carbons (Fsp3) is 0.125. The van der Waals surface area contributed by atoms with Gasteiger partial charge in [-0.05, 0) is 19.1 Å². The molecule has 0 unspecified atom stereocenters. The van der Waals surface area contributed by atoms with Crippen molar-refractivity contribution in [3.8, 4) is 17.1 Å². The summed E-state index contributed by atoms with van der Waals surface area (Å²) < 4.78 is 1.79. The highest BCUT2D eigenvalue weighted by Gasteiger charge is 2.11. The van der Waals surface area contributed by atoms with Gasteiger partial charge in [0.2, 0.25) is 0 Å². The van der Waals surface area contributed by atoms with Crippen LogP contribution in [-0.4, -0.2) is 14.8 Å². The summed E-state index contributed by atoms with van der Waals surface area (Å²) in [6.07, 6.45) is 0. The van der Waals surface area contributed by atoms with Gasteiger partial charge in [0.25, 0.3) is 0 Å². The van der Waals surface area contributed by atoms with Crippen molar-refractivity contribution in [2.24, 2.45) is 0 Å². The largest absolute Gasteiger partial charge is 0.216 e. The second kappa shape index (κ2) is 5.47. The SMILES string of the molecule is Cc1ccc(-c2nc(CCl)n(-c3ccccc3)n2)cc1. The number of hydrogen-bond donors (Lipinski definition) is 0. The molecule has 0 aliphatic rings. The monoisotopic (exact) mass is 283 g/mol. The Hall–Kier alpha value is -2.13. The number of hydrogen-bond acceptors (Lipinski definition) is 2. The van der Waals surface area contributed by atoms with Crippen LogP contribution in [0.5, 0.6) is 0 Å². The van der Waals surface area contributed by atoms with Gasteiger partial charge in [-0.3, -0.25) is 0 Å². The molecule has 0 aliphatic carbocycles. The lowest BCUT2D eigenvalue weighted by atomic mass is 10.1. The highest BCUT2D eigenvalue weighted by molar-refractivity contribution is 6.16. The van der Waals surface area contributed by atoms with E-state index in [1.807, 2.05) is 42.5 Å². The lowest BCUT2D eigenvalue weighted by molar-refractivity contribution is 0.834. The van der Waals surface area contributed by atoms with Crippen LogP contribution >= 0.6 is 11.6 Å². The molecule has 2 aromatic carbocycles. The Balaban J connectivity index is 2.07. The molecule has 1 aromatic heterocycles. The van der Waals surface area contributed by atoms with Gasteiger partial charge >= 0.3 is 0 Å². The smallest absolute Gasteiger partial charge is 0.181 e. The molecule has 100 valence electrons. The zero-order chi connectivity index (χ0) is 13.9. The fourth-order valence-corrected chi connectivity index (χ4v) is 2.20. The summed E-state index contributed by atoms with van der Waals surface area (Å²) in [5.41, 5.74) is 3.18. The molecule has 0 fully saturated rings. The van der Waals surface area contributed by atoms with E-state index in [0.717, 1.165) is 17.1 Å². The molecular weight excluding hydrogens is 270 g/mol. The van der Waals surface area contributed by atoms with Crippen molar-refractivity contribution >= 4 is 11.6 Å². The molecule has 1 heterocycles. The molecule has 0 aliphatic heterocycles. The quantitative estimate of drug-likeness (QED) is 0.681. The van der Waals surface area contributed by atoms with E-state index < -0.39 is 0 Å². The van der Waals surface area contributed by atoms with Crippen molar-refractivity contribution in [3.05, 3.63) is 66.0 Å². The number of benzene rings is 2. The van der Waals surface area contributed by atoms with Gasteiger partial charge in [-0.2, -0.15) is 0 Å². The Bertz CT molecular complexity index is 702. The van der Waals surface area contributed by atoms with Gasteiger partial charge in [-0.15, -0.1) is 16.7 Å². The molecule has 3 rings (SSSR count). The second-order valence-electron chi connectivity index (χ2n) is 4.60. The second-order valence-corrected chi connectivity index (χ2v) is 4.87. The number of rotatable bonds is 3. The zero-order valence-electron chi connectivity index (χ0n) is 11.1. The summed E-state index contributed by atoms with van der Waals surface area (Å²) >= 11 is 5.98. The summed E-state index contributed by atoms with van der Waals surface area (Å²) in [5.74, 6) is 1.77. The Kier molecular flexibility index (Phi) is 3.52. The van der Waals surface area contributed by atoms with Crippen LogP contribution in [0.1, 0.15) is 11.4 Å². The van der Waals surface area contributed by atoms with Crippen LogP contribution in [0, 0.1) is 6.92 Å². The summed E-state index contributed by atoms with van der Waals surface area (Å²) in [5, 5.41) is 4.57. The summed E-state index contributed by atoms with van der Waals surface area (Å²) in [6, 6.07) is 18.1. The molecule has 0 radical (unpaired) electrons. The number of para-hydroxylation sites is 1. The van der Waals surface area contributed by atoms with Crippen molar-refractivity contribution < 1.29 is 0 Å². The summed E-state index contributed by atoms with van der Waals surface area (Å²) in [4.78, 5) is 4.52. The van der Waals surface area contributed by atoms with Crippen molar-refractivity contribution in [1.82, 2.24) is 14.8 Å². The van der Waals surface area contributed by atoms with Crippen LogP contribution in [-0.2, 0) is 5.88 Å². The number of aryl methyl sites for hydroxylation is 1. The van der Waals surface area contributed by atoms with Crippen LogP contribution in [0.2, 0.25) is 0 Å². The number of halogens is 1. The molecule has 20 heavy (non-hydrogen) atoms. The predicted molar refractivity (Wildman–Crippen MR) is 81.1 cm³/mol. The molecule has 0 saturated carbocycles. The number of alkyl halides is 1. The molecule has 0 bridgehead atoms. The third kappa shape index (κ3) is 2.45. The van der Waals surface area contributed by atoms with E-state index in [9.17, 15) is 0 Å². The van der Waals surface area contributed by atoms with Gasteiger partial charge in [0.1, 0.15) is 5.82 Å². The minimum atomic E-state index is 0.327. The maximum absolute atomic E-state index is 5.98. The maximum Gasteiger partial charge on any atom is 0.181 e. The lowest BCUT2D eigenvalue weighted by Crippen LogP contribution is -2.00. The Morgan fingerprint density at radius 3 is 2.35 bits per heavy atom. The summed E-state index contributed by atoms with van der Waals surface area (Å²) in [6.45, 7) is 2.06. The highest BCUT2D eigenvalue weighted by Crippen LogP contribution is 2.19. The highest BCUT2D eigenvalue weighted by atomic mass is 35.5. The van der Waals surface area contributed by atoms with Crippen LogP contribution in [0.15, 0.2) is 54.6 Å². The predicted octanol–water partition coefficient (Wildman–Crippen LogP) is 3.98. The first-order valence-electron chi connectivity index (χ1n) is 6.42. The van der Waals surface area contributed by atoms with Gasteiger partial charge in [0, 0.05) is 5.56 Å². The first kappa shape index (κ1) is 12.9. The third-order valence-corrected chi connectivity index (χ3v) is 3.34. The molecule has 0 atom stereocenters. The molecule has 0 spiro atoms. The van der Waals surface area contributed by atoms with Gasteiger partial charge in [-0.1, -0.05) is 48.0 Å². The van der Waals surface area contributed by atoms with Gasteiger partial charge in [-0.25, -0.2) is 9.67 Å². The molecule has 0 saturated heterocycles. The van der Waals surface area contributed by atoms with Crippen LogP contribution in [0.3, 0.4) is 0 Å². The Morgan fingerprint density at radius 1 is 1.00 bits per heavy atom. The third-order valence-electron chi connectivity index (χ3n) is 3.10. The van der Waals surface area contributed by atoms with E-state index in [1.54, 1.807) is 4.68 Å². The molecule has 3 aromatic rings. The lowest BCUT2D eigenvalue weighted by Gasteiger charge is -2.02. The molecule has 3 nitrogen and oxygen atoms in total. The average Bonchev–Trinajstić information content (AvgIpc) is 2.93. The molecule has 0 N–H and O–H groups in total.